The zero-order valence-electron chi connectivity index (χ0n) is 12.4. The number of hydrogen-bond acceptors (Lipinski definition) is 5. The van der Waals surface area contributed by atoms with E-state index in [4.69, 9.17) is 4.52 Å². The van der Waals surface area contributed by atoms with Crippen LogP contribution in [0.3, 0.4) is 0 Å². The fraction of sp³-hybridized carbons (Fsp3) is 0.643. The van der Waals surface area contributed by atoms with Crippen LogP contribution in [0.1, 0.15) is 49.9 Å². The molecule has 6 nitrogen and oxygen atoms in total. The minimum atomic E-state index is -1.19. The van der Waals surface area contributed by atoms with Crippen LogP contribution >= 0.6 is 11.8 Å². The van der Waals surface area contributed by atoms with Gasteiger partial charge in [-0.25, -0.2) is 4.79 Å². The number of nitrogens with one attached hydrogen (secondary N) is 1. The van der Waals surface area contributed by atoms with Crippen molar-refractivity contribution in [2.24, 2.45) is 0 Å². The molecule has 0 saturated carbocycles. The molecule has 0 aromatic carbocycles. The fourth-order valence-corrected chi connectivity index (χ4v) is 3.32. The molecule has 1 fully saturated rings. The van der Waals surface area contributed by atoms with Crippen LogP contribution in [0.4, 0.5) is 0 Å². The van der Waals surface area contributed by atoms with Crippen LogP contribution < -0.4 is 5.32 Å². The first-order chi connectivity index (χ1) is 9.74. The Morgan fingerprint density at radius 3 is 2.48 bits per heavy atom. The Morgan fingerprint density at radius 2 is 2.00 bits per heavy atom. The minimum Gasteiger partial charge on any atom is -0.480 e. The first-order valence-corrected chi connectivity index (χ1v) is 8.01. The van der Waals surface area contributed by atoms with Crippen molar-refractivity contribution in [3.05, 3.63) is 17.5 Å². The maximum absolute atomic E-state index is 12.3. The average molecular weight is 312 g/mol. The van der Waals surface area contributed by atoms with Crippen molar-refractivity contribution in [2.45, 2.75) is 44.6 Å². The molecule has 1 aliphatic rings. The van der Waals surface area contributed by atoms with E-state index < -0.39 is 17.4 Å². The van der Waals surface area contributed by atoms with Gasteiger partial charge >= 0.3 is 5.97 Å². The van der Waals surface area contributed by atoms with E-state index >= 15 is 0 Å². The number of carboxylic acid groups (broad SMARTS) is 1. The van der Waals surface area contributed by atoms with Gasteiger partial charge in [0.1, 0.15) is 11.3 Å². The highest BCUT2D eigenvalue weighted by Gasteiger charge is 2.42. The Bertz CT molecular complexity index is 541. The van der Waals surface area contributed by atoms with Gasteiger partial charge in [-0.15, -0.1) is 0 Å². The number of rotatable bonds is 3. The predicted octanol–water partition coefficient (Wildman–Crippen LogP) is 2.05. The van der Waals surface area contributed by atoms with E-state index in [0.717, 1.165) is 11.5 Å². The summed E-state index contributed by atoms with van der Waals surface area (Å²) in [5.41, 5.74) is -1.32. The molecule has 1 aliphatic heterocycles. The Balaban J connectivity index is 2.16. The molecule has 0 atom stereocenters. The number of hydrogen-bond donors (Lipinski definition) is 2. The zero-order chi connectivity index (χ0) is 15.7. The van der Waals surface area contributed by atoms with Crippen LogP contribution in [-0.2, 0) is 10.2 Å². The summed E-state index contributed by atoms with van der Waals surface area (Å²) in [6, 6.07) is 1.57. The Morgan fingerprint density at radius 1 is 1.38 bits per heavy atom. The molecule has 0 unspecified atom stereocenters. The van der Waals surface area contributed by atoms with Gasteiger partial charge in [0.25, 0.3) is 5.91 Å². The van der Waals surface area contributed by atoms with E-state index in [1.54, 1.807) is 17.8 Å². The smallest absolute Gasteiger partial charge is 0.329 e. The number of carbonyl (C=O) groups excluding carboxylic acids is 1. The third kappa shape index (κ3) is 3.40. The molecule has 1 saturated heterocycles. The molecular weight excluding hydrogens is 292 g/mol. The summed E-state index contributed by atoms with van der Waals surface area (Å²) < 4.78 is 5.17. The zero-order valence-corrected chi connectivity index (χ0v) is 13.2. The van der Waals surface area contributed by atoms with Gasteiger partial charge in [-0.05, 0) is 24.3 Å². The van der Waals surface area contributed by atoms with Crippen molar-refractivity contribution >= 4 is 23.6 Å². The van der Waals surface area contributed by atoms with Crippen LogP contribution in [0.25, 0.3) is 0 Å². The minimum absolute atomic E-state index is 0.124. The topological polar surface area (TPSA) is 92.4 Å². The third-order valence-corrected chi connectivity index (χ3v) is 4.58. The summed E-state index contributed by atoms with van der Waals surface area (Å²) in [4.78, 5) is 23.8. The number of aromatic nitrogens is 1. The van der Waals surface area contributed by atoms with Gasteiger partial charge < -0.3 is 14.9 Å². The summed E-state index contributed by atoms with van der Waals surface area (Å²) in [6.45, 7) is 5.85. The Hall–Kier alpha value is -1.50. The lowest BCUT2D eigenvalue weighted by Crippen LogP contribution is -2.56. The van der Waals surface area contributed by atoms with E-state index in [0.29, 0.717) is 18.6 Å². The van der Waals surface area contributed by atoms with Crippen LogP contribution in [0.5, 0.6) is 0 Å². The van der Waals surface area contributed by atoms with Gasteiger partial charge in [0.15, 0.2) is 5.69 Å². The molecule has 1 aromatic rings. The highest BCUT2D eigenvalue weighted by molar-refractivity contribution is 7.99. The van der Waals surface area contributed by atoms with Crippen molar-refractivity contribution < 1.29 is 19.2 Å². The summed E-state index contributed by atoms with van der Waals surface area (Å²) in [5.74, 6) is 0.549. The number of nitrogens with zero attached hydrogens (tertiary/aromatic N) is 1. The predicted molar refractivity (Wildman–Crippen MR) is 79.6 cm³/mol. The van der Waals surface area contributed by atoms with Crippen molar-refractivity contribution in [1.82, 2.24) is 10.5 Å². The number of thioether (sulfide) groups is 1. The van der Waals surface area contributed by atoms with E-state index in [-0.39, 0.29) is 11.1 Å². The lowest BCUT2D eigenvalue weighted by Gasteiger charge is -2.33. The molecule has 0 bridgehead atoms. The van der Waals surface area contributed by atoms with Crippen molar-refractivity contribution in [1.29, 1.82) is 0 Å². The van der Waals surface area contributed by atoms with Crippen molar-refractivity contribution in [3.8, 4) is 0 Å². The molecule has 0 radical (unpaired) electrons. The van der Waals surface area contributed by atoms with Crippen LogP contribution in [0.2, 0.25) is 0 Å². The molecule has 0 aliphatic carbocycles. The molecule has 2 heterocycles. The van der Waals surface area contributed by atoms with E-state index in [1.807, 2.05) is 20.8 Å². The highest BCUT2D eigenvalue weighted by atomic mass is 32.2. The second-order valence-electron chi connectivity index (χ2n) is 6.28. The van der Waals surface area contributed by atoms with Crippen molar-refractivity contribution in [2.75, 3.05) is 11.5 Å². The number of carboxylic acids is 1. The van der Waals surface area contributed by atoms with E-state index in [1.165, 1.54) is 0 Å². The Labute approximate surface area is 127 Å². The largest absolute Gasteiger partial charge is 0.480 e. The first-order valence-electron chi connectivity index (χ1n) is 6.85. The molecule has 1 aromatic heterocycles. The molecule has 7 heteroatoms. The van der Waals surface area contributed by atoms with Gasteiger partial charge in [-0.1, -0.05) is 25.9 Å². The standard InChI is InChI=1S/C14H20N2O4S/c1-13(2,3)10-8-9(16-20-10)11(17)15-14(12(18)19)4-6-21-7-5-14/h8H,4-7H2,1-3H3,(H,15,17)(H,18,19). The molecule has 116 valence electrons. The second-order valence-corrected chi connectivity index (χ2v) is 7.50. The van der Waals surface area contributed by atoms with Gasteiger partial charge in [-0.2, -0.15) is 11.8 Å². The maximum atomic E-state index is 12.3. The highest BCUT2D eigenvalue weighted by Crippen LogP contribution is 2.28. The van der Waals surface area contributed by atoms with E-state index in [9.17, 15) is 14.7 Å². The quantitative estimate of drug-likeness (QED) is 0.887. The number of aliphatic carboxylic acids is 1. The molecule has 0 spiro atoms. The van der Waals surface area contributed by atoms with E-state index in [2.05, 4.69) is 10.5 Å². The van der Waals surface area contributed by atoms with Gasteiger partial charge in [0.05, 0.1) is 0 Å². The fourth-order valence-electron chi connectivity index (χ4n) is 2.13. The third-order valence-electron chi connectivity index (χ3n) is 3.59. The monoisotopic (exact) mass is 312 g/mol. The van der Waals surface area contributed by atoms with Crippen LogP contribution in [0, 0.1) is 0 Å². The van der Waals surface area contributed by atoms with Crippen LogP contribution in [0.15, 0.2) is 10.6 Å². The lowest BCUT2D eigenvalue weighted by molar-refractivity contribution is -0.144. The lowest BCUT2D eigenvalue weighted by atomic mass is 9.91. The molecular formula is C14H20N2O4S. The SMILES string of the molecule is CC(C)(C)c1cc(C(=O)NC2(C(=O)O)CCSCC2)no1. The van der Waals surface area contributed by atoms with Gasteiger partial charge in [0.2, 0.25) is 0 Å². The maximum Gasteiger partial charge on any atom is 0.329 e. The van der Waals surface area contributed by atoms with Crippen molar-refractivity contribution in [3.63, 3.8) is 0 Å². The normalized spacial score (nSPS) is 18.2. The summed E-state index contributed by atoms with van der Waals surface area (Å²) in [6.07, 6.45) is 0.839. The second kappa shape index (κ2) is 5.71. The number of amides is 1. The molecule has 2 N–H and O–H groups in total. The summed E-state index contributed by atoms with van der Waals surface area (Å²) in [5, 5.41) is 15.8. The molecule has 1 amide bonds. The average Bonchev–Trinajstić information content (AvgIpc) is 2.89. The molecule has 2 rings (SSSR count). The number of carbonyl (C=O) groups is 2. The summed E-state index contributed by atoms with van der Waals surface area (Å²) >= 11 is 1.70. The van der Waals surface area contributed by atoms with Crippen LogP contribution in [-0.4, -0.2) is 39.2 Å². The summed E-state index contributed by atoms with van der Waals surface area (Å²) in [7, 11) is 0. The van der Waals surface area contributed by atoms with Gasteiger partial charge in [-0.3, -0.25) is 4.79 Å². The van der Waals surface area contributed by atoms with Gasteiger partial charge in [0, 0.05) is 11.5 Å². The first kappa shape index (κ1) is 15.9. The Kier molecular flexibility index (Phi) is 4.32. The molecule has 21 heavy (non-hydrogen) atoms.